The number of hydrogen-bond donors (Lipinski definition) is 2. The van der Waals surface area contributed by atoms with Gasteiger partial charge in [-0.1, -0.05) is 19.9 Å². The van der Waals surface area contributed by atoms with Crippen LogP contribution in [0, 0.1) is 34.5 Å². The second-order valence-corrected chi connectivity index (χ2v) is 11.7. The summed E-state index contributed by atoms with van der Waals surface area (Å²) in [7, 11) is 1.98. The van der Waals surface area contributed by atoms with Crippen LogP contribution in [0.3, 0.4) is 0 Å². The third-order valence-corrected chi connectivity index (χ3v) is 10.4. The van der Waals surface area contributed by atoms with E-state index in [0.29, 0.717) is 40.8 Å². The molecule has 7 nitrogen and oxygen atoms in total. The van der Waals surface area contributed by atoms with Crippen LogP contribution in [-0.4, -0.2) is 51.8 Å². The van der Waals surface area contributed by atoms with Crippen molar-refractivity contribution in [2.45, 2.75) is 58.4 Å². The van der Waals surface area contributed by atoms with Gasteiger partial charge in [-0.25, -0.2) is 0 Å². The van der Waals surface area contributed by atoms with Crippen molar-refractivity contribution in [2.75, 3.05) is 13.6 Å². The van der Waals surface area contributed by atoms with Crippen LogP contribution >= 0.6 is 0 Å². The van der Waals surface area contributed by atoms with Crippen LogP contribution in [0.15, 0.2) is 30.4 Å². The summed E-state index contributed by atoms with van der Waals surface area (Å²) in [5, 5.41) is 14.0. The van der Waals surface area contributed by atoms with E-state index in [-0.39, 0.29) is 22.6 Å². The average molecular weight is 462 g/mol. The highest BCUT2D eigenvalue weighted by molar-refractivity contribution is 5.97. The fraction of sp³-hybridized carbons (Fsp3) is 0.630. The Labute approximate surface area is 200 Å². The quantitative estimate of drug-likeness (QED) is 0.724. The normalized spacial score (nSPS) is 39.0. The maximum Gasteiger partial charge on any atom is 0.251 e. The molecule has 34 heavy (non-hydrogen) atoms. The minimum atomic E-state index is -0.0290. The molecule has 0 spiro atoms. The van der Waals surface area contributed by atoms with E-state index in [4.69, 9.17) is 0 Å². The van der Waals surface area contributed by atoms with Crippen LogP contribution in [0.2, 0.25) is 0 Å². The van der Waals surface area contributed by atoms with Gasteiger partial charge in [0.2, 0.25) is 5.91 Å². The Hall–Kier alpha value is -2.70. The van der Waals surface area contributed by atoms with Crippen molar-refractivity contribution in [3.63, 3.8) is 0 Å². The molecular weight excluding hydrogens is 426 g/mol. The summed E-state index contributed by atoms with van der Waals surface area (Å²) in [4.78, 5) is 27.2. The van der Waals surface area contributed by atoms with Crippen LogP contribution in [0.1, 0.15) is 62.7 Å². The van der Waals surface area contributed by atoms with Gasteiger partial charge >= 0.3 is 0 Å². The van der Waals surface area contributed by atoms with Gasteiger partial charge in [-0.2, -0.15) is 15.4 Å². The zero-order valence-electron chi connectivity index (χ0n) is 20.4. The van der Waals surface area contributed by atoms with Crippen LogP contribution in [0.5, 0.6) is 0 Å². The van der Waals surface area contributed by atoms with Gasteiger partial charge in [-0.15, -0.1) is 0 Å². The maximum atomic E-state index is 12.9. The number of fused-ring (bicyclic) bond motifs is 6. The van der Waals surface area contributed by atoms with Crippen molar-refractivity contribution in [3.8, 4) is 0 Å². The zero-order valence-corrected chi connectivity index (χ0v) is 20.4. The van der Waals surface area contributed by atoms with Crippen molar-refractivity contribution < 1.29 is 9.59 Å². The Bertz CT molecular complexity index is 1170. The lowest BCUT2D eigenvalue weighted by Crippen LogP contribution is -2.59. The first kappa shape index (κ1) is 21.8. The number of aromatic nitrogens is 3. The van der Waals surface area contributed by atoms with Crippen molar-refractivity contribution in [1.29, 1.82) is 0 Å². The number of likely N-dealkylation sites (N-methyl/N-ethyl adjacent to an activating group) is 1. The highest BCUT2D eigenvalue weighted by atomic mass is 16.2. The highest BCUT2D eigenvalue weighted by Gasteiger charge is 2.60. The molecule has 2 N–H and O–H groups in total. The molecular formula is C27H35N5O2. The Balaban J connectivity index is 1.17. The number of nitrogens with one attached hydrogen (secondary N) is 2. The molecule has 3 saturated carbocycles. The van der Waals surface area contributed by atoms with Gasteiger partial charge < -0.3 is 10.2 Å². The van der Waals surface area contributed by atoms with Crippen molar-refractivity contribution in [1.82, 2.24) is 25.6 Å². The molecule has 3 aliphatic carbocycles. The number of H-pyrrole nitrogens is 1. The lowest BCUT2D eigenvalue weighted by Gasteiger charge is -2.60. The van der Waals surface area contributed by atoms with E-state index in [2.05, 4.69) is 40.7 Å². The topological polar surface area (TPSA) is 91.0 Å². The lowest BCUT2D eigenvalue weighted by atomic mass is 9.47. The molecule has 1 aromatic carbocycles. The number of carbonyl (C=O) groups is 2. The first-order valence-corrected chi connectivity index (χ1v) is 12.9. The summed E-state index contributed by atoms with van der Waals surface area (Å²) in [5.41, 5.74) is 2.48. The monoisotopic (exact) mass is 461 g/mol. The standard InChI is InChI=1S/C27H35N5O2/c1-26-12-10-20-18(6-9-23-27(20,2)13-11-24(33)32(23)3)19(26)7-5-17(26)15-28-25(34)16-4-8-21-22(14-16)30-31-29-21/h4,8,11,13-14,17-20,23H,5-7,9-10,12,15H2,1-3H3,(H,28,34)(H,29,30,31)/t17-,18+,19+,20+,23-,26-,27-/m1/s1. The summed E-state index contributed by atoms with van der Waals surface area (Å²) in [6.45, 7) is 5.62. The molecule has 2 aromatic rings. The lowest BCUT2D eigenvalue weighted by molar-refractivity contribution is -0.138. The largest absolute Gasteiger partial charge is 0.352 e. The van der Waals surface area contributed by atoms with Crippen molar-refractivity contribution >= 4 is 22.8 Å². The van der Waals surface area contributed by atoms with E-state index < -0.39 is 0 Å². The molecule has 4 aliphatic rings. The molecule has 180 valence electrons. The molecule has 7 heteroatoms. The van der Waals surface area contributed by atoms with Crippen LogP contribution < -0.4 is 5.32 Å². The summed E-state index contributed by atoms with van der Waals surface area (Å²) in [6, 6.07) is 5.79. The fourth-order valence-corrected chi connectivity index (χ4v) is 8.48. The first-order chi connectivity index (χ1) is 16.3. The number of hydrogen-bond acceptors (Lipinski definition) is 4. The summed E-state index contributed by atoms with van der Waals surface area (Å²) in [5.74, 6) is 2.68. The molecule has 1 aromatic heterocycles. The van der Waals surface area contributed by atoms with E-state index in [1.165, 1.54) is 32.1 Å². The molecule has 3 fully saturated rings. The third-order valence-electron chi connectivity index (χ3n) is 10.4. The molecule has 2 heterocycles. The van der Waals surface area contributed by atoms with E-state index in [9.17, 15) is 9.59 Å². The summed E-state index contributed by atoms with van der Waals surface area (Å²) >= 11 is 0. The molecule has 1 aliphatic heterocycles. The Morgan fingerprint density at radius 1 is 1.12 bits per heavy atom. The zero-order chi connectivity index (χ0) is 23.7. The van der Waals surface area contributed by atoms with Gasteiger partial charge in [-0.05, 0) is 91.9 Å². The Kier molecular flexibility index (Phi) is 4.91. The second-order valence-electron chi connectivity index (χ2n) is 11.7. The smallest absolute Gasteiger partial charge is 0.251 e. The summed E-state index contributed by atoms with van der Waals surface area (Å²) in [6.07, 6.45) is 11.2. The average Bonchev–Trinajstić information content (AvgIpc) is 3.43. The second kappa shape index (κ2) is 7.65. The van der Waals surface area contributed by atoms with Crippen molar-refractivity contribution in [2.24, 2.45) is 34.5 Å². The van der Waals surface area contributed by atoms with Crippen LogP contribution in [0.25, 0.3) is 11.0 Å². The highest BCUT2D eigenvalue weighted by Crippen LogP contribution is 2.65. The predicted molar refractivity (Wildman–Crippen MR) is 130 cm³/mol. The van der Waals surface area contributed by atoms with E-state index in [1.54, 1.807) is 6.07 Å². The van der Waals surface area contributed by atoms with Gasteiger partial charge in [0.25, 0.3) is 5.91 Å². The Morgan fingerprint density at radius 2 is 1.94 bits per heavy atom. The van der Waals surface area contributed by atoms with Crippen LogP contribution in [0.4, 0.5) is 0 Å². The van der Waals surface area contributed by atoms with Gasteiger partial charge in [0.1, 0.15) is 11.0 Å². The van der Waals surface area contributed by atoms with Gasteiger partial charge in [0.15, 0.2) is 0 Å². The van der Waals surface area contributed by atoms with Crippen LogP contribution in [-0.2, 0) is 4.79 Å². The SMILES string of the molecule is CN1C(=O)C=C[C@]2(C)[C@H]3CC[C@]4(C)[C@@H](CNC(=O)c5ccc6n[nH]nc6c5)CC[C@H]4[C@@H]3CC[C@@H]12. The molecule has 2 amide bonds. The van der Waals surface area contributed by atoms with E-state index >= 15 is 0 Å². The third kappa shape index (κ3) is 3.08. The number of benzene rings is 1. The first-order valence-electron chi connectivity index (χ1n) is 12.9. The minimum Gasteiger partial charge on any atom is -0.352 e. The van der Waals surface area contributed by atoms with E-state index in [0.717, 1.165) is 18.5 Å². The van der Waals surface area contributed by atoms with Crippen molar-refractivity contribution in [3.05, 3.63) is 35.9 Å². The molecule has 7 atom stereocenters. The molecule has 0 saturated heterocycles. The number of carbonyl (C=O) groups excluding carboxylic acids is 2. The van der Waals surface area contributed by atoms with Gasteiger partial charge in [0.05, 0.1) is 0 Å². The predicted octanol–water partition coefficient (Wildman–Crippen LogP) is 3.94. The number of amides is 2. The molecule has 0 radical (unpaired) electrons. The molecule has 0 bridgehead atoms. The van der Waals surface area contributed by atoms with Gasteiger partial charge in [-0.3, -0.25) is 9.59 Å². The van der Waals surface area contributed by atoms with E-state index in [1.807, 2.05) is 30.2 Å². The minimum absolute atomic E-state index is 0.0290. The number of aromatic amines is 1. The Morgan fingerprint density at radius 3 is 2.79 bits per heavy atom. The molecule has 0 unspecified atom stereocenters. The summed E-state index contributed by atoms with van der Waals surface area (Å²) < 4.78 is 0. The number of nitrogens with zero attached hydrogens (tertiary/aromatic N) is 3. The number of rotatable bonds is 3. The molecule has 6 rings (SSSR count). The van der Waals surface area contributed by atoms with Gasteiger partial charge in [0, 0.05) is 30.6 Å². The fourth-order valence-electron chi connectivity index (χ4n) is 8.48. The maximum absolute atomic E-state index is 12.9.